The highest BCUT2D eigenvalue weighted by Crippen LogP contribution is 2.32. The van der Waals surface area contributed by atoms with Crippen molar-refractivity contribution >= 4 is 35.0 Å². The summed E-state index contributed by atoms with van der Waals surface area (Å²) < 4.78 is 12.0. The Hall–Kier alpha value is -3.73. The Morgan fingerprint density at radius 2 is 2.00 bits per heavy atom. The molecular formula is C21H23N7O3S. The van der Waals surface area contributed by atoms with Gasteiger partial charge in [0.15, 0.2) is 11.5 Å². The van der Waals surface area contributed by atoms with Crippen molar-refractivity contribution in [2.75, 3.05) is 29.1 Å². The van der Waals surface area contributed by atoms with Gasteiger partial charge in [-0.05, 0) is 50.6 Å². The van der Waals surface area contributed by atoms with Crippen molar-refractivity contribution in [1.82, 2.24) is 14.9 Å². The summed E-state index contributed by atoms with van der Waals surface area (Å²) in [6.45, 7) is 6.02. The number of amides is 1. The van der Waals surface area contributed by atoms with Gasteiger partial charge < -0.3 is 20.6 Å². The Labute approximate surface area is 189 Å². The number of anilines is 2. The summed E-state index contributed by atoms with van der Waals surface area (Å²) in [5.41, 5.74) is 7.30. The molecule has 1 aromatic heterocycles. The minimum Gasteiger partial charge on any atom is -0.454 e. The molecule has 0 fully saturated rings. The molecule has 0 atom stereocenters. The van der Waals surface area contributed by atoms with Crippen LogP contribution in [0.25, 0.3) is 0 Å². The second-order valence-corrected chi connectivity index (χ2v) is 8.15. The largest absolute Gasteiger partial charge is 0.454 e. The molecule has 2 aromatic carbocycles. The molecule has 1 aliphatic heterocycles. The third-order valence-corrected chi connectivity index (χ3v) is 5.71. The Morgan fingerprint density at radius 1 is 1.19 bits per heavy atom. The number of aryl methyl sites for hydroxylation is 2. The van der Waals surface area contributed by atoms with Crippen molar-refractivity contribution in [3.63, 3.8) is 0 Å². The number of nitrogen functional groups attached to an aromatic ring is 1. The number of thioether (sulfide) groups is 1. The average Bonchev–Trinajstić information content (AvgIpc) is 3.38. The highest BCUT2D eigenvalue weighted by molar-refractivity contribution is 7.99. The first kappa shape index (κ1) is 21.5. The van der Waals surface area contributed by atoms with Gasteiger partial charge in [-0.15, -0.1) is 10.2 Å². The molecule has 0 bridgehead atoms. The first-order valence-corrected chi connectivity index (χ1v) is 10.8. The number of benzene rings is 2. The molecule has 0 unspecified atom stereocenters. The maximum atomic E-state index is 12.3. The molecule has 0 radical (unpaired) electrons. The summed E-state index contributed by atoms with van der Waals surface area (Å²) in [6, 6.07) is 11.4. The van der Waals surface area contributed by atoms with E-state index in [1.54, 1.807) is 0 Å². The molecule has 0 spiro atoms. The fourth-order valence-electron chi connectivity index (χ4n) is 3.04. The molecule has 1 aliphatic rings. The molecule has 32 heavy (non-hydrogen) atoms. The van der Waals surface area contributed by atoms with Crippen LogP contribution in [0, 0.1) is 13.8 Å². The zero-order valence-electron chi connectivity index (χ0n) is 17.9. The summed E-state index contributed by atoms with van der Waals surface area (Å²) in [5, 5.41) is 15.6. The van der Waals surface area contributed by atoms with E-state index < -0.39 is 0 Å². The SMILES string of the molecule is C/C(=N\Nc1nnc(SCC(=O)Nc2ccc(C)cc2C)n1N)c1ccc2c(c1)OCO2. The molecule has 0 saturated carbocycles. The number of carbonyl (C=O) groups is 1. The summed E-state index contributed by atoms with van der Waals surface area (Å²) >= 11 is 1.18. The fourth-order valence-corrected chi connectivity index (χ4v) is 3.70. The van der Waals surface area contributed by atoms with Crippen LogP contribution >= 0.6 is 11.8 Å². The maximum Gasteiger partial charge on any atom is 0.264 e. The van der Waals surface area contributed by atoms with Gasteiger partial charge in [-0.25, -0.2) is 10.1 Å². The van der Waals surface area contributed by atoms with E-state index in [1.807, 2.05) is 57.2 Å². The van der Waals surface area contributed by atoms with Gasteiger partial charge in [0, 0.05) is 11.3 Å². The molecule has 2 heterocycles. The van der Waals surface area contributed by atoms with E-state index in [4.69, 9.17) is 15.3 Å². The smallest absolute Gasteiger partial charge is 0.264 e. The summed E-state index contributed by atoms with van der Waals surface area (Å²) in [4.78, 5) is 12.3. The zero-order valence-corrected chi connectivity index (χ0v) is 18.7. The lowest BCUT2D eigenvalue weighted by Gasteiger charge is -2.09. The van der Waals surface area contributed by atoms with Gasteiger partial charge in [0.1, 0.15) is 0 Å². The van der Waals surface area contributed by atoms with E-state index in [1.165, 1.54) is 16.4 Å². The lowest BCUT2D eigenvalue weighted by atomic mass is 10.1. The van der Waals surface area contributed by atoms with Crippen molar-refractivity contribution < 1.29 is 14.3 Å². The predicted octanol–water partition coefficient (Wildman–Crippen LogP) is 2.90. The van der Waals surface area contributed by atoms with Crippen LogP contribution in [0.3, 0.4) is 0 Å². The monoisotopic (exact) mass is 453 g/mol. The van der Waals surface area contributed by atoms with Crippen molar-refractivity contribution in [1.29, 1.82) is 0 Å². The number of aromatic nitrogens is 3. The highest BCUT2D eigenvalue weighted by atomic mass is 32.2. The number of ether oxygens (including phenoxy) is 2. The van der Waals surface area contributed by atoms with Crippen molar-refractivity contribution in [3.8, 4) is 11.5 Å². The number of hydrogen-bond acceptors (Lipinski definition) is 9. The molecule has 1 amide bonds. The number of nitrogens with one attached hydrogen (secondary N) is 2. The standard InChI is InChI=1S/C21H23N7O3S/c1-12-4-6-16(13(2)8-12)23-19(29)10-32-21-27-26-20(28(21)22)25-24-14(3)15-5-7-17-18(9-15)31-11-30-17/h4-9H,10-11,22H2,1-3H3,(H,23,29)(H,25,26)/b24-14+. The van der Waals surface area contributed by atoms with Crippen LogP contribution in [0.2, 0.25) is 0 Å². The fraction of sp³-hybridized carbons (Fsp3) is 0.238. The molecule has 0 saturated heterocycles. The van der Waals surface area contributed by atoms with Crippen LogP contribution in [0.4, 0.5) is 11.6 Å². The van der Waals surface area contributed by atoms with Gasteiger partial charge in [0.25, 0.3) is 5.95 Å². The Bertz CT molecular complexity index is 1190. The van der Waals surface area contributed by atoms with E-state index in [0.717, 1.165) is 22.4 Å². The lowest BCUT2D eigenvalue weighted by molar-refractivity contribution is -0.113. The normalized spacial score (nSPS) is 12.7. The van der Waals surface area contributed by atoms with Crippen LogP contribution in [0.1, 0.15) is 23.6 Å². The van der Waals surface area contributed by atoms with Gasteiger partial charge in [-0.3, -0.25) is 4.79 Å². The molecule has 10 nitrogen and oxygen atoms in total. The van der Waals surface area contributed by atoms with Crippen LogP contribution in [0.15, 0.2) is 46.7 Å². The average molecular weight is 454 g/mol. The third kappa shape index (κ3) is 4.78. The van der Waals surface area contributed by atoms with Crippen LogP contribution in [-0.4, -0.2) is 39.0 Å². The van der Waals surface area contributed by atoms with Crippen LogP contribution in [-0.2, 0) is 4.79 Å². The van der Waals surface area contributed by atoms with Gasteiger partial charge in [-0.2, -0.15) is 5.10 Å². The Morgan fingerprint density at radius 3 is 2.81 bits per heavy atom. The van der Waals surface area contributed by atoms with Crippen molar-refractivity contribution in [3.05, 3.63) is 53.1 Å². The summed E-state index contributed by atoms with van der Waals surface area (Å²) in [5.74, 6) is 7.67. The van der Waals surface area contributed by atoms with Gasteiger partial charge >= 0.3 is 0 Å². The topological polar surface area (TPSA) is 129 Å². The Kier molecular flexibility index (Phi) is 6.17. The van der Waals surface area contributed by atoms with Crippen LogP contribution < -0.4 is 26.1 Å². The molecule has 3 aromatic rings. The number of nitrogens with two attached hydrogens (primary N) is 1. The number of nitrogens with zero attached hydrogens (tertiary/aromatic N) is 4. The second-order valence-electron chi connectivity index (χ2n) is 7.21. The first-order chi connectivity index (χ1) is 15.4. The van der Waals surface area contributed by atoms with E-state index in [-0.39, 0.29) is 24.4 Å². The Balaban J connectivity index is 1.34. The molecule has 166 valence electrons. The van der Waals surface area contributed by atoms with Gasteiger partial charge in [0.05, 0.1) is 11.5 Å². The molecule has 4 rings (SSSR count). The predicted molar refractivity (Wildman–Crippen MR) is 124 cm³/mol. The summed E-state index contributed by atoms with van der Waals surface area (Å²) in [6.07, 6.45) is 0. The number of fused-ring (bicyclic) bond motifs is 1. The number of carbonyl (C=O) groups excluding carboxylic acids is 1. The van der Waals surface area contributed by atoms with Crippen molar-refractivity contribution in [2.45, 2.75) is 25.9 Å². The first-order valence-electron chi connectivity index (χ1n) is 9.81. The van der Waals surface area contributed by atoms with E-state index in [9.17, 15) is 4.79 Å². The molecule has 0 aliphatic carbocycles. The lowest BCUT2D eigenvalue weighted by Crippen LogP contribution is -2.17. The third-order valence-electron chi connectivity index (χ3n) is 4.77. The van der Waals surface area contributed by atoms with Gasteiger partial charge in [-0.1, -0.05) is 29.5 Å². The van der Waals surface area contributed by atoms with Crippen molar-refractivity contribution in [2.24, 2.45) is 5.10 Å². The van der Waals surface area contributed by atoms with E-state index in [0.29, 0.717) is 22.4 Å². The van der Waals surface area contributed by atoms with E-state index >= 15 is 0 Å². The second kappa shape index (κ2) is 9.18. The van der Waals surface area contributed by atoms with Crippen LogP contribution in [0.5, 0.6) is 11.5 Å². The number of rotatable bonds is 7. The maximum absolute atomic E-state index is 12.3. The number of hydrogen-bond donors (Lipinski definition) is 3. The minimum atomic E-state index is -0.156. The highest BCUT2D eigenvalue weighted by Gasteiger charge is 2.15. The molecule has 4 N–H and O–H groups in total. The quantitative estimate of drug-likeness (QED) is 0.216. The van der Waals surface area contributed by atoms with Gasteiger partial charge in [0.2, 0.25) is 17.9 Å². The number of hydrazone groups is 1. The molecular weight excluding hydrogens is 430 g/mol. The minimum absolute atomic E-state index is 0.141. The molecule has 11 heteroatoms. The summed E-state index contributed by atoms with van der Waals surface area (Å²) in [7, 11) is 0. The zero-order chi connectivity index (χ0) is 22.7. The van der Waals surface area contributed by atoms with E-state index in [2.05, 4.69) is 26.0 Å².